The van der Waals surface area contributed by atoms with Crippen LogP contribution in [0.25, 0.3) is 0 Å². The number of rotatable bonds is 10. The first-order chi connectivity index (χ1) is 17.2. The van der Waals surface area contributed by atoms with E-state index in [1.165, 1.54) is 33.2 Å². The maximum atomic E-state index is 13.1. The first-order valence-corrected chi connectivity index (χ1v) is 13.8. The SMILES string of the molecule is CCN1CCC[C@H]1CNC(=O)c1cc(S(=O)(=O)CC)c(N(C)C(=O)OCc2ccccc2)cc1OC. The average Bonchev–Trinajstić information content (AvgIpc) is 3.37. The van der Waals surface area contributed by atoms with Crippen LogP contribution in [-0.2, 0) is 21.2 Å². The predicted octanol–water partition coefficient (Wildman–Crippen LogP) is 3.48. The van der Waals surface area contributed by atoms with E-state index in [1.54, 1.807) is 0 Å². The van der Waals surface area contributed by atoms with Gasteiger partial charge in [0.2, 0.25) is 0 Å². The number of likely N-dealkylation sites (N-methyl/N-ethyl adjacent to an activating group) is 1. The van der Waals surface area contributed by atoms with Crippen LogP contribution < -0.4 is 15.0 Å². The molecule has 1 heterocycles. The van der Waals surface area contributed by atoms with Crippen molar-refractivity contribution in [2.45, 2.75) is 44.2 Å². The number of benzene rings is 2. The number of nitrogens with zero attached hydrogens (tertiary/aromatic N) is 2. The molecule has 10 heteroatoms. The van der Waals surface area contributed by atoms with Gasteiger partial charge in [0, 0.05) is 25.7 Å². The van der Waals surface area contributed by atoms with Gasteiger partial charge < -0.3 is 14.8 Å². The number of sulfone groups is 1. The first-order valence-electron chi connectivity index (χ1n) is 12.1. The van der Waals surface area contributed by atoms with E-state index >= 15 is 0 Å². The Morgan fingerprint density at radius 2 is 1.89 bits per heavy atom. The summed E-state index contributed by atoms with van der Waals surface area (Å²) in [6, 6.07) is 12.1. The molecular weight excluding hydrogens is 482 g/mol. The number of anilines is 1. The standard InChI is InChI=1S/C26H35N3O6S/c1-5-29-14-10-13-20(29)17-27-25(30)21-15-24(36(32,33)6-2)22(16-23(21)34-4)28(3)26(31)35-18-19-11-8-7-9-12-19/h7-9,11-12,15-16,20H,5-6,10,13-14,17-18H2,1-4H3,(H,27,30)/t20-/m0/s1. The summed E-state index contributed by atoms with van der Waals surface area (Å²) in [7, 11) is -0.969. The van der Waals surface area contributed by atoms with Crippen molar-refractivity contribution in [3.8, 4) is 5.75 Å². The van der Waals surface area contributed by atoms with Crippen molar-refractivity contribution >= 4 is 27.5 Å². The van der Waals surface area contributed by atoms with Gasteiger partial charge >= 0.3 is 6.09 Å². The largest absolute Gasteiger partial charge is 0.496 e. The molecule has 0 unspecified atom stereocenters. The smallest absolute Gasteiger partial charge is 0.414 e. The molecule has 1 N–H and O–H groups in total. The third-order valence-electron chi connectivity index (χ3n) is 6.48. The Hall–Kier alpha value is -3.11. The van der Waals surface area contributed by atoms with Gasteiger partial charge in [0.05, 0.1) is 29.0 Å². The Balaban J connectivity index is 1.88. The van der Waals surface area contributed by atoms with Crippen molar-refractivity contribution in [3.05, 3.63) is 53.6 Å². The summed E-state index contributed by atoms with van der Waals surface area (Å²) in [5.74, 6) is -0.462. The third-order valence-corrected chi connectivity index (χ3v) is 8.24. The molecule has 1 aliphatic heterocycles. The van der Waals surface area contributed by atoms with E-state index in [-0.39, 0.29) is 40.3 Å². The van der Waals surface area contributed by atoms with Gasteiger partial charge in [-0.3, -0.25) is 14.6 Å². The van der Waals surface area contributed by atoms with Gasteiger partial charge in [0.25, 0.3) is 5.91 Å². The van der Waals surface area contributed by atoms with Crippen LogP contribution in [0.4, 0.5) is 10.5 Å². The second-order valence-electron chi connectivity index (χ2n) is 8.66. The predicted molar refractivity (Wildman–Crippen MR) is 138 cm³/mol. The van der Waals surface area contributed by atoms with E-state index in [2.05, 4.69) is 17.1 Å². The molecule has 9 nitrogen and oxygen atoms in total. The lowest BCUT2D eigenvalue weighted by Gasteiger charge is -2.24. The van der Waals surface area contributed by atoms with Crippen molar-refractivity contribution in [1.82, 2.24) is 10.2 Å². The molecular formula is C26H35N3O6S. The van der Waals surface area contributed by atoms with E-state index in [0.717, 1.165) is 36.4 Å². The molecule has 2 amide bonds. The van der Waals surface area contributed by atoms with Crippen LogP contribution in [0, 0.1) is 0 Å². The molecule has 0 spiro atoms. The molecule has 1 aliphatic rings. The highest BCUT2D eigenvalue weighted by molar-refractivity contribution is 7.91. The Bertz CT molecular complexity index is 1170. The highest BCUT2D eigenvalue weighted by Gasteiger charge is 2.29. The maximum absolute atomic E-state index is 13.1. The molecule has 2 aromatic rings. The highest BCUT2D eigenvalue weighted by atomic mass is 32.2. The molecule has 3 rings (SSSR count). The monoisotopic (exact) mass is 517 g/mol. The maximum Gasteiger partial charge on any atom is 0.414 e. The van der Waals surface area contributed by atoms with Gasteiger partial charge in [-0.2, -0.15) is 0 Å². The molecule has 2 aromatic carbocycles. The van der Waals surface area contributed by atoms with E-state index in [0.29, 0.717) is 6.54 Å². The van der Waals surface area contributed by atoms with Gasteiger partial charge in [-0.1, -0.05) is 44.2 Å². The van der Waals surface area contributed by atoms with E-state index < -0.39 is 21.8 Å². The fourth-order valence-electron chi connectivity index (χ4n) is 4.33. The summed E-state index contributed by atoms with van der Waals surface area (Å²) in [5.41, 5.74) is 0.978. The van der Waals surface area contributed by atoms with Crippen molar-refractivity contribution in [1.29, 1.82) is 0 Å². The highest BCUT2D eigenvalue weighted by Crippen LogP contribution is 2.34. The third kappa shape index (κ3) is 6.36. The fourth-order valence-corrected chi connectivity index (χ4v) is 5.45. The quantitative estimate of drug-likeness (QED) is 0.514. The summed E-state index contributed by atoms with van der Waals surface area (Å²) in [4.78, 5) is 29.2. The molecule has 0 aromatic heterocycles. The summed E-state index contributed by atoms with van der Waals surface area (Å²) in [6.07, 6.45) is 1.35. The van der Waals surface area contributed by atoms with Crippen molar-refractivity contribution in [2.75, 3.05) is 44.4 Å². The Kier molecular flexibility index (Phi) is 9.33. The van der Waals surface area contributed by atoms with Crippen LogP contribution in [0.1, 0.15) is 42.6 Å². The summed E-state index contributed by atoms with van der Waals surface area (Å²) in [6.45, 7) is 6.00. The van der Waals surface area contributed by atoms with Gasteiger partial charge in [0.1, 0.15) is 12.4 Å². The lowest BCUT2D eigenvalue weighted by molar-refractivity contribution is 0.0938. The van der Waals surface area contributed by atoms with E-state index in [1.807, 2.05) is 30.3 Å². The summed E-state index contributed by atoms with van der Waals surface area (Å²) < 4.78 is 36.8. The molecule has 1 fully saturated rings. The zero-order valence-corrected chi connectivity index (χ0v) is 22.1. The number of nitrogens with one attached hydrogen (secondary N) is 1. The first kappa shape index (κ1) is 27.5. The minimum absolute atomic E-state index is 0.0352. The molecule has 0 aliphatic carbocycles. The molecule has 0 radical (unpaired) electrons. The lowest BCUT2D eigenvalue weighted by atomic mass is 10.1. The average molecular weight is 518 g/mol. The fraction of sp³-hybridized carbons (Fsp3) is 0.462. The van der Waals surface area contributed by atoms with Crippen LogP contribution in [0.2, 0.25) is 0 Å². The van der Waals surface area contributed by atoms with E-state index in [4.69, 9.17) is 9.47 Å². The van der Waals surface area contributed by atoms with Crippen molar-refractivity contribution < 1.29 is 27.5 Å². The zero-order chi connectivity index (χ0) is 26.3. The number of methoxy groups -OCH3 is 1. The Morgan fingerprint density at radius 3 is 2.53 bits per heavy atom. The van der Waals surface area contributed by atoms with E-state index in [9.17, 15) is 18.0 Å². The summed E-state index contributed by atoms with van der Waals surface area (Å²) in [5, 5.41) is 2.93. The van der Waals surface area contributed by atoms with Crippen molar-refractivity contribution in [3.63, 3.8) is 0 Å². The molecule has 1 saturated heterocycles. The number of hydrogen-bond donors (Lipinski definition) is 1. The summed E-state index contributed by atoms with van der Waals surface area (Å²) >= 11 is 0. The molecule has 196 valence electrons. The van der Waals surface area contributed by atoms with Crippen LogP contribution in [-0.4, -0.2) is 70.9 Å². The minimum Gasteiger partial charge on any atom is -0.496 e. The van der Waals surface area contributed by atoms with Crippen LogP contribution in [0.3, 0.4) is 0 Å². The van der Waals surface area contributed by atoms with Crippen LogP contribution in [0.15, 0.2) is 47.4 Å². The Labute approximate surface area is 213 Å². The number of amides is 2. The molecule has 0 bridgehead atoms. The van der Waals surface area contributed by atoms with Crippen LogP contribution in [0.5, 0.6) is 5.75 Å². The second kappa shape index (κ2) is 12.2. The molecule has 36 heavy (non-hydrogen) atoms. The number of carbonyl (C=O) groups is 2. The van der Waals surface area contributed by atoms with Gasteiger partial charge in [-0.15, -0.1) is 0 Å². The van der Waals surface area contributed by atoms with Gasteiger partial charge in [-0.25, -0.2) is 13.2 Å². The van der Waals surface area contributed by atoms with Gasteiger partial charge in [-0.05, 0) is 37.6 Å². The minimum atomic E-state index is -3.79. The number of likely N-dealkylation sites (tertiary alicyclic amines) is 1. The Morgan fingerprint density at radius 1 is 1.17 bits per heavy atom. The topological polar surface area (TPSA) is 105 Å². The lowest BCUT2D eigenvalue weighted by Crippen LogP contribution is -2.40. The number of hydrogen-bond acceptors (Lipinski definition) is 7. The second-order valence-corrected chi connectivity index (χ2v) is 10.9. The normalized spacial score (nSPS) is 15.9. The zero-order valence-electron chi connectivity index (χ0n) is 21.3. The number of ether oxygens (including phenoxy) is 2. The van der Waals surface area contributed by atoms with Crippen molar-refractivity contribution in [2.24, 2.45) is 0 Å². The molecule has 1 atom stereocenters. The van der Waals surface area contributed by atoms with Gasteiger partial charge in [0.15, 0.2) is 9.84 Å². The number of carbonyl (C=O) groups excluding carboxylic acids is 2. The molecule has 0 saturated carbocycles. The van der Waals surface area contributed by atoms with Crippen LogP contribution >= 0.6 is 0 Å².